The first-order chi connectivity index (χ1) is 8.47. The van der Waals surface area contributed by atoms with Crippen LogP contribution in [0.1, 0.15) is 11.1 Å². The molecule has 0 heterocycles. The molecule has 0 saturated carbocycles. The number of phenolic OH excluding ortho intramolecular Hbond substituents is 1. The molecule has 1 N–H and O–H groups in total. The van der Waals surface area contributed by atoms with Gasteiger partial charge in [0.25, 0.3) is 0 Å². The first kappa shape index (κ1) is 12.6. The van der Waals surface area contributed by atoms with Crippen LogP contribution in [0.4, 0.5) is 0 Å². The predicted octanol–water partition coefficient (Wildman–Crippen LogP) is 2.67. The molecule has 2 rings (SSSR count). The fraction of sp³-hybridized carbons (Fsp3) is 0.143. The van der Waals surface area contributed by atoms with Gasteiger partial charge in [0, 0.05) is 0 Å². The third-order valence-electron chi connectivity index (χ3n) is 2.64. The predicted molar refractivity (Wildman–Crippen MR) is 70.2 cm³/mol. The summed E-state index contributed by atoms with van der Waals surface area (Å²) in [5, 5.41) is 9.16. The van der Waals surface area contributed by atoms with Crippen molar-refractivity contribution in [1.29, 1.82) is 0 Å². The summed E-state index contributed by atoms with van der Waals surface area (Å²) in [6.07, 6.45) is 0. The average Bonchev–Trinajstić information content (AvgIpc) is 2.32. The molecule has 0 bridgehead atoms. The van der Waals surface area contributed by atoms with Gasteiger partial charge in [-0.05, 0) is 42.3 Å². The van der Waals surface area contributed by atoms with Gasteiger partial charge in [-0.1, -0.05) is 24.3 Å². The second-order valence-electron chi connectivity index (χ2n) is 4.24. The highest BCUT2D eigenvalue weighted by Gasteiger charge is 2.15. The molecule has 0 saturated heterocycles. The van der Waals surface area contributed by atoms with Crippen LogP contribution in [0.5, 0.6) is 5.75 Å². The van der Waals surface area contributed by atoms with Crippen LogP contribution < -0.4 is 0 Å². The van der Waals surface area contributed by atoms with Gasteiger partial charge in [-0.3, -0.25) is 0 Å². The molecule has 0 aromatic heterocycles. The maximum Gasteiger partial charge on any atom is 0.182 e. The van der Waals surface area contributed by atoms with Crippen molar-refractivity contribution in [2.24, 2.45) is 0 Å². The number of hydrogen-bond donors (Lipinski definition) is 1. The summed E-state index contributed by atoms with van der Waals surface area (Å²) in [4.78, 5) is 0.329. The van der Waals surface area contributed by atoms with E-state index in [2.05, 4.69) is 0 Å². The SMILES string of the molecule is Cc1cccc(S(=O)(=O)Cc2ccc(O)cc2)c1. The molecular weight excluding hydrogens is 248 g/mol. The van der Waals surface area contributed by atoms with Crippen LogP contribution in [0.15, 0.2) is 53.4 Å². The summed E-state index contributed by atoms with van der Waals surface area (Å²) < 4.78 is 24.4. The summed E-state index contributed by atoms with van der Waals surface area (Å²) in [5.41, 5.74) is 1.58. The summed E-state index contributed by atoms with van der Waals surface area (Å²) in [7, 11) is -3.33. The Kier molecular flexibility index (Phi) is 3.39. The molecule has 0 fully saturated rings. The molecule has 0 atom stereocenters. The molecule has 0 unspecified atom stereocenters. The van der Waals surface area contributed by atoms with E-state index in [1.54, 1.807) is 30.3 Å². The third kappa shape index (κ3) is 2.90. The summed E-state index contributed by atoms with van der Waals surface area (Å²) >= 11 is 0. The Bertz CT molecular complexity index is 643. The molecular formula is C14H14O3S. The van der Waals surface area contributed by atoms with Gasteiger partial charge >= 0.3 is 0 Å². The Morgan fingerprint density at radius 2 is 1.72 bits per heavy atom. The van der Waals surface area contributed by atoms with Gasteiger partial charge < -0.3 is 5.11 Å². The molecule has 2 aromatic rings. The van der Waals surface area contributed by atoms with Crippen LogP contribution >= 0.6 is 0 Å². The lowest BCUT2D eigenvalue weighted by molar-refractivity contribution is 0.475. The quantitative estimate of drug-likeness (QED) is 0.925. The summed E-state index contributed by atoms with van der Waals surface area (Å²) in [6.45, 7) is 1.86. The molecule has 0 aliphatic heterocycles. The minimum absolute atomic E-state index is 0.0588. The molecule has 18 heavy (non-hydrogen) atoms. The van der Waals surface area contributed by atoms with Gasteiger partial charge in [-0.2, -0.15) is 0 Å². The zero-order valence-electron chi connectivity index (χ0n) is 10.00. The Hall–Kier alpha value is -1.81. The van der Waals surface area contributed by atoms with E-state index in [4.69, 9.17) is 5.11 Å². The second-order valence-corrected chi connectivity index (χ2v) is 6.23. The first-order valence-corrected chi connectivity index (χ1v) is 7.20. The van der Waals surface area contributed by atoms with Crippen LogP contribution in [0.3, 0.4) is 0 Å². The van der Waals surface area contributed by atoms with Crippen molar-refractivity contribution in [2.75, 3.05) is 0 Å². The Labute approximate surface area is 107 Å². The molecule has 2 aromatic carbocycles. The van der Waals surface area contributed by atoms with Crippen molar-refractivity contribution in [3.8, 4) is 5.75 Å². The molecule has 0 aliphatic rings. The highest BCUT2D eigenvalue weighted by Crippen LogP contribution is 2.19. The van der Waals surface area contributed by atoms with E-state index in [1.807, 2.05) is 13.0 Å². The Balaban J connectivity index is 2.30. The van der Waals surface area contributed by atoms with Gasteiger partial charge in [0.15, 0.2) is 9.84 Å². The Morgan fingerprint density at radius 1 is 1.06 bits per heavy atom. The summed E-state index contributed by atoms with van der Waals surface area (Å²) in [5.74, 6) is 0.0724. The minimum atomic E-state index is -3.33. The van der Waals surface area contributed by atoms with Crippen molar-refractivity contribution < 1.29 is 13.5 Å². The molecule has 0 radical (unpaired) electrons. The normalized spacial score (nSPS) is 11.4. The lowest BCUT2D eigenvalue weighted by atomic mass is 10.2. The zero-order valence-corrected chi connectivity index (χ0v) is 10.8. The zero-order chi connectivity index (χ0) is 13.2. The average molecular weight is 262 g/mol. The topological polar surface area (TPSA) is 54.4 Å². The number of aromatic hydroxyl groups is 1. The fourth-order valence-electron chi connectivity index (χ4n) is 1.70. The van der Waals surface area contributed by atoms with Gasteiger partial charge in [-0.25, -0.2) is 8.42 Å². The number of hydrogen-bond acceptors (Lipinski definition) is 3. The second kappa shape index (κ2) is 4.82. The maximum atomic E-state index is 12.2. The minimum Gasteiger partial charge on any atom is -0.508 e. The Morgan fingerprint density at radius 3 is 2.33 bits per heavy atom. The van der Waals surface area contributed by atoms with Crippen LogP contribution in [-0.4, -0.2) is 13.5 Å². The maximum absolute atomic E-state index is 12.2. The van der Waals surface area contributed by atoms with E-state index in [-0.39, 0.29) is 11.5 Å². The van der Waals surface area contributed by atoms with Crippen molar-refractivity contribution in [3.05, 3.63) is 59.7 Å². The molecule has 0 amide bonds. The molecule has 4 heteroatoms. The number of aryl methyl sites for hydroxylation is 1. The highest BCUT2D eigenvalue weighted by atomic mass is 32.2. The van der Waals surface area contributed by atoms with Gasteiger partial charge in [0.05, 0.1) is 10.6 Å². The number of sulfone groups is 1. The number of phenols is 1. The third-order valence-corrected chi connectivity index (χ3v) is 4.33. The van der Waals surface area contributed by atoms with E-state index < -0.39 is 9.84 Å². The largest absolute Gasteiger partial charge is 0.508 e. The molecule has 94 valence electrons. The van der Waals surface area contributed by atoms with Gasteiger partial charge in [0.2, 0.25) is 0 Å². The lowest BCUT2D eigenvalue weighted by Crippen LogP contribution is -2.05. The van der Waals surface area contributed by atoms with E-state index in [0.717, 1.165) is 5.56 Å². The molecule has 3 nitrogen and oxygen atoms in total. The standard InChI is InChI=1S/C14H14O3S/c1-11-3-2-4-14(9-11)18(16,17)10-12-5-7-13(15)8-6-12/h2-9,15H,10H2,1H3. The van der Waals surface area contributed by atoms with Crippen LogP contribution in [0.2, 0.25) is 0 Å². The lowest BCUT2D eigenvalue weighted by Gasteiger charge is -2.05. The van der Waals surface area contributed by atoms with Crippen LogP contribution in [0, 0.1) is 6.92 Å². The van der Waals surface area contributed by atoms with E-state index in [0.29, 0.717) is 10.5 Å². The van der Waals surface area contributed by atoms with Crippen molar-refractivity contribution >= 4 is 9.84 Å². The van der Waals surface area contributed by atoms with Crippen LogP contribution in [-0.2, 0) is 15.6 Å². The fourth-order valence-corrected chi connectivity index (χ4v) is 3.15. The van der Waals surface area contributed by atoms with Gasteiger partial charge in [0.1, 0.15) is 5.75 Å². The van der Waals surface area contributed by atoms with Gasteiger partial charge in [-0.15, -0.1) is 0 Å². The first-order valence-electron chi connectivity index (χ1n) is 5.55. The van der Waals surface area contributed by atoms with Crippen LogP contribution in [0.25, 0.3) is 0 Å². The number of rotatable bonds is 3. The van der Waals surface area contributed by atoms with Crippen molar-refractivity contribution in [2.45, 2.75) is 17.6 Å². The van der Waals surface area contributed by atoms with E-state index in [1.165, 1.54) is 12.1 Å². The van der Waals surface area contributed by atoms with E-state index >= 15 is 0 Å². The van der Waals surface area contributed by atoms with Crippen molar-refractivity contribution in [1.82, 2.24) is 0 Å². The van der Waals surface area contributed by atoms with E-state index in [9.17, 15) is 8.42 Å². The van der Waals surface area contributed by atoms with Crippen molar-refractivity contribution in [3.63, 3.8) is 0 Å². The molecule has 0 aliphatic carbocycles. The smallest absolute Gasteiger partial charge is 0.182 e. The summed E-state index contributed by atoms with van der Waals surface area (Å²) in [6, 6.07) is 13.1. The highest BCUT2D eigenvalue weighted by molar-refractivity contribution is 7.90. The monoisotopic (exact) mass is 262 g/mol. The number of benzene rings is 2. The molecule has 0 spiro atoms.